The normalized spacial score (nSPS) is 11.5. The number of nitrogens with zero attached hydrogens (tertiary/aromatic N) is 2. The number of hydrogen-bond acceptors (Lipinski definition) is 6. The molecular weight excluding hydrogens is 270 g/mol. The van der Waals surface area contributed by atoms with E-state index < -0.39 is 0 Å². The van der Waals surface area contributed by atoms with Crippen molar-refractivity contribution >= 4 is 5.82 Å². The largest absolute Gasteiger partial charge is 0.475 e. The Morgan fingerprint density at radius 1 is 1.19 bits per heavy atom. The van der Waals surface area contributed by atoms with E-state index in [-0.39, 0.29) is 5.60 Å². The minimum atomic E-state index is -0.163. The van der Waals surface area contributed by atoms with Crippen LogP contribution in [0.1, 0.15) is 39.9 Å². The van der Waals surface area contributed by atoms with Gasteiger partial charge >= 0.3 is 0 Å². The van der Waals surface area contributed by atoms with Gasteiger partial charge in [-0.05, 0) is 27.2 Å². The summed E-state index contributed by atoms with van der Waals surface area (Å²) in [5.41, 5.74) is -0.163. The third-order valence-corrected chi connectivity index (χ3v) is 2.45. The first-order valence-corrected chi connectivity index (χ1v) is 7.32. The molecule has 0 radical (unpaired) electrons. The lowest BCUT2D eigenvalue weighted by atomic mass is 10.2. The highest BCUT2D eigenvalue weighted by atomic mass is 16.5. The van der Waals surface area contributed by atoms with Crippen LogP contribution < -0.4 is 10.1 Å². The lowest BCUT2D eigenvalue weighted by Gasteiger charge is -2.19. The maximum atomic E-state index is 5.64. The van der Waals surface area contributed by atoms with Crippen molar-refractivity contribution in [3.63, 3.8) is 0 Å². The molecule has 0 spiro atoms. The summed E-state index contributed by atoms with van der Waals surface area (Å²) in [6, 6.07) is 1.80. The summed E-state index contributed by atoms with van der Waals surface area (Å²) >= 11 is 0. The molecule has 0 bridgehead atoms. The highest BCUT2D eigenvalue weighted by Gasteiger charge is 2.10. The van der Waals surface area contributed by atoms with Crippen LogP contribution in [0.2, 0.25) is 0 Å². The second kappa shape index (κ2) is 8.79. The van der Waals surface area contributed by atoms with Crippen LogP contribution in [0.3, 0.4) is 0 Å². The number of methoxy groups -OCH3 is 1. The molecule has 1 aromatic rings. The van der Waals surface area contributed by atoms with E-state index in [4.69, 9.17) is 14.2 Å². The van der Waals surface area contributed by atoms with Crippen molar-refractivity contribution in [2.45, 2.75) is 46.3 Å². The molecule has 1 N–H and O–H groups in total. The number of rotatable bonds is 9. The number of nitrogens with one attached hydrogen (secondary N) is 1. The van der Waals surface area contributed by atoms with Crippen molar-refractivity contribution in [1.29, 1.82) is 0 Å². The second-order valence-corrected chi connectivity index (χ2v) is 5.68. The summed E-state index contributed by atoms with van der Waals surface area (Å²) < 4.78 is 16.3. The van der Waals surface area contributed by atoms with E-state index in [2.05, 4.69) is 22.2 Å². The lowest BCUT2D eigenvalue weighted by Crippen LogP contribution is -2.22. The molecule has 120 valence electrons. The smallest absolute Gasteiger partial charge is 0.218 e. The summed E-state index contributed by atoms with van der Waals surface area (Å²) in [7, 11) is 1.62. The molecule has 0 fully saturated rings. The van der Waals surface area contributed by atoms with Crippen LogP contribution in [0.25, 0.3) is 0 Å². The zero-order valence-electron chi connectivity index (χ0n) is 13.7. The average molecular weight is 297 g/mol. The molecule has 0 amide bonds. The molecule has 0 aliphatic heterocycles. The predicted molar refractivity (Wildman–Crippen MR) is 82.7 cm³/mol. The Kier molecular flexibility index (Phi) is 7.39. The first-order valence-electron chi connectivity index (χ1n) is 7.32. The van der Waals surface area contributed by atoms with Crippen LogP contribution in [0, 0.1) is 0 Å². The van der Waals surface area contributed by atoms with Gasteiger partial charge in [-0.15, -0.1) is 0 Å². The highest BCUT2D eigenvalue weighted by molar-refractivity contribution is 5.38. The minimum absolute atomic E-state index is 0.163. The number of hydrogen-bond donors (Lipinski definition) is 1. The number of aromatic nitrogens is 2. The molecule has 1 rings (SSSR count). The third-order valence-electron chi connectivity index (χ3n) is 2.45. The third kappa shape index (κ3) is 7.82. The summed E-state index contributed by atoms with van der Waals surface area (Å²) in [5.74, 6) is 1.89. The van der Waals surface area contributed by atoms with Crippen LogP contribution in [-0.2, 0) is 16.1 Å². The van der Waals surface area contributed by atoms with Crippen molar-refractivity contribution in [3.05, 3.63) is 11.9 Å². The Hall–Kier alpha value is -1.40. The average Bonchev–Trinajstić information content (AvgIpc) is 2.41. The summed E-state index contributed by atoms with van der Waals surface area (Å²) in [6.45, 7) is 10.3. The maximum Gasteiger partial charge on any atom is 0.218 e. The van der Waals surface area contributed by atoms with E-state index in [0.717, 1.165) is 18.8 Å². The topological polar surface area (TPSA) is 65.5 Å². The Labute approximate surface area is 127 Å². The fourth-order valence-electron chi connectivity index (χ4n) is 1.58. The molecule has 21 heavy (non-hydrogen) atoms. The quantitative estimate of drug-likeness (QED) is 0.707. The van der Waals surface area contributed by atoms with E-state index >= 15 is 0 Å². The van der Waals surface area contributed by atoms with Gasteiger partial charge in [0.25, 0.3) is 0 Å². The van der Waals surface area contributed by atoms with Gasteiger partial charge < -0.3 is 19.5 Å². The lowest BCUT2D eigenvalue weighted by molar-refractivity contribution is -0.0168. The first-order chi connectivity index (χ1) is 9.94. The van der Waals surface area contributed by atoms with E-state index in [1.165, 1.54) is 0 Å². The molecule has 0 unspecified atom stereocenters. The Morgan fingerprint density at radius 2 is 1.95 bits per heavy atom. The SMILES string of the molecule is CCCNc1cc(OCCOC(C)(C)C)nc(COC)n1. The van der Waals surface area contributed by atoms with E-state index in [9.17, 15) is 0 Å². The van der Waals surface area contributed by atoms with Crippen LogP contribution in [0.4, 0.5) is 5.82 Å². The highest BCUT2D eigenvalue weighted by Crippen LogP contribution is 2.14. The molecule has 6 heteroatoms. The van der Waals surface area contributed by atoms with Crippen LogP contribution in [0.15, 0.2) is 6.07 Å². The molecule has 1 aromatic heterocycles. The number of anilines is 1. The molecular formula is C15H27N3O3. The van der Waals surface area contributed by atoms with Crippen LogP contribution in [0.5, 0.6) is 5.88 Å². The fourth-order valence-corrected chi connectivity index (χ4v) is 1.58. The molecule has 1 heterocycles. The van der Waals surface area contributed by atoms with Gasteiger partial charge in [0, 0.05) is 19.7 Å². The summed E-state index contributed by atoms with van der Waals surface area (Å²) in [6.07, 6.45) is 1.03. The Morgan fingerprint density at radius 3 is 2.57 bits per heavy atom. The van der Waals surface area contributed by atoms with Crippen LogP contribution in [-0.4, -0.2) is 42.4 Å². The minimum Gasteiger partial charge on any atom is -0.475 e. The maximum absolute atomic E-state index is 5.64. The molecule has 0 aliphatic carbocycles. The van der Waals surface area contributed by atoms with Crippen molar-refractivity contribution in [2.24, 2.45) is 0 Å². The summed E-state index contributed by atoms with van der Waals surface area (Å²) in [4.78, 5) is 8.68. The standard InChI is InChI=1S/C15H27N3O3/c1-6-7-16-12-10-14(18-13(17-12)11-19-5)20-8-9-21-15(2,3)4/h10H,6-9,11H2,1-5H3,(H,16,17,18). The Balaban J connectivity index is 2.60. The van der Waals surface area contributed by atoms with Gasteiger partial charge in [0.2, 0.25) is 5.88 Å². The number of ether oxygens (including phenoxy) is 3. The van der Waals surface area contributed by atoms with E-state index in [1.54, 1.807) is 13.2 Å². The van der Waals surface area contributed by atoms with Gasteiger partial charge in [-0.2, -0.15) is 4.98 Å². The zero-order valence-corrected chi connectivity index (χ0v) is 13.7. The molecule has 0 aromatic carbocycles. The molecule has 6 nitrogen and oxygen atoms in total. The van der Waals surface area contributed by atoms with Crippen molar-refractivity contribution in [1.82, 2.24) is 9.97 Å². The summed E-state index contributed by atoms with van der Waals surface area (Å²) in [5, 5.41) is 3.23. The monoisotopic (exact) mass is 297 g/mol. The van der Waals surface area contributed by atoms with Gasteiger partial charge in [-0.25, -0.2) is 4.98 Å². The van der Waals surface area contributed by atoms with E-state index in [1.807, 2.05) is 20.8 Å². The molecule has 0 saturated heterocycles. The molecule has 0 saturated carbocycles. The van der Waals surface area contributed by atoms with Gasteiger partial charge in [0.1, 0.15) is 19.0 Å². The van der Waals surface area contributed by atoms with Crippen LogP contribution >= 0.6 is 0 Å². The van der Waals surface area contributed by atoms with Gasteiger partial charge in [0.05, 0.1) is 12.2 Å². The van der Waals surface area contributed by atoms with Gasteiger partial charge in [0.15, 0.2) is 5.82 Å². The second-order valence-electron chi connectivity index (χ2n) is 5.68. The van der Waals surface area contributed by atoms with Crippen molar-refractivity contribution < 1.29 is 14.2 Å². The Bertz CT molecular complexity index is 419. The predicted octanol–water partition coefficient (Wildman–Crippen LogP) is 2.64. The molecule has 0 atom stereocenters. The zero-order chi connectivity index (χ0) is 15.7. The molecule has 0 aliphatic rings. The van der Waals surface area contributed by atoms with E-state index in [0.29, 0.717) is 31.5 Å². The van der Waals surface area contributed by atoms with Crippen molar-refractivity contribution in [3.8, 4) is 5.88 Å². The van der Waals surface area contributed by atoms with Gasteiger partial charge in [-0.3, -0.25) is 0 Å². The van der Waals surface area contributed by atoms with Gasteiger partial charge in [-0.1, -0.05) is 6.92 Å². The first kappa shape index (κ1) is 17.7. The fraction of sp³-hybridized carbons (Fsp3) is 0.733. The van der Waals surface area contributed by atoms with Crippen molar-refractivity contribution in [2.75, 3.05) is 32.2 Å².